The van der Waals surface area contributed by atoms with Crippen molar-refractivity contribution in [2.75, 3.05) is 11.5 Å². The lowest BCUT2D eigenvalue weighted by Gasteiger charge is -2.01. The number of rotatable bonds is 1. The summed E-state index contributed by atoms with van der Waals surface area (Å²) in [5, 5.41) is 0. The van der Waals surface area contributed by atoms with Gasteiger partial charge in [-0.3, -0.25) is 0 Å². The second-order valence-electron chi connectivity index (χ2n) is 3.33. The molecule has 78 valence electrons. The molecule has 0 aliphatic heterocycles. The number of anilines is 2. The molecule has 5 N–H and O–H groups in total. The van der Waals surface area contributed by atoms with Gasteiger partial charge in [0.25, 0.3) is 0 Å². The predicted molar refractivity (Wildman–Crippen MR) is 57.5 cm³/mol. The van der Waals surface area contributed by atoms with Gasteiger partial charge in [-0.05, 0) is 25.1 Å². The summed E-state index contributed by atoms with van der Waals surface area (Å²) in [7, 11) is 0. The summed E-state index contributed by atoms with van der Waals surface area (Å²) in [6.07, 6.45) is 0. The zero-order valence-electron chi connectivity index (χ0n) is 8.21. The van der Waals surface area contributed by atoms with E-state index in [-0.39, 0.29) is 5.69 Å². The average Bonchev–Trinajstić information content (AvgIpc) is 2.50. The van der Waals surface area contributed by atoms with Crippen molar-refractivity contribution in [2.45, 2.75) is 6.92 Å². The van der Waals surface area contributed by atoms with E-state index in [0.29, 0.717) is 11.6 Å². The molecular formula is C10H11FN4. The van der Waals surface area contributed by atoms with Crippen molar-refractivity contribution < 1.29 is 4.39 Å². The number of aromatic nitrogens is 2. The first-order chi connectivity index (χ1) is 7.08. The molecule has 2 rings (SSSR count). The van der Waals surface area contributed by atoms with Gasteiger partial charge in [0.2, 0.25) is 0 Å². The molecule has 0 aliphatic carbocycles. The lowest BCUT2D eigenvalue weighted by molar-refractivity contribution is 0.632. The standard InChI is InChI=1S/C10H11FN4/c1-5-9(15-10(13)14-5)6-2-3-7(11)8(12)4-6/h2-4H,12H2,1H3,(H3,13,14,15). The molecule has 1 aromatic heterocycles. The third-order valence-electron chi connectivity index (χ3n) is 2.17. The quantitative estimate of drug-likeness (QED) is 0.621. The van der Waals surface area contributed by atoms with E-state index in [1.807, 2.05) is 6.92 Å². The fraction of sp³-hybridized carbons (Fsp3) is 0.100. The highest BCUT2D eigenvalue weighted by Gasteiger charge is 2.08. The van der Waals surface area contributed by atoms with Crippen LogP contribution >= 0.6 is 0 Å². The molecule has 0 saturated carbocycles. The molecule has 1 aromatic carbocycles. The first-order valence-corrected chi connectivity index (χ1v) is 4.45. The van der Waals surface area contributed by atoms with Crippen molar-refractivity contribution in [1.29, 1.82) is 0 Å². The second kappa shape index (κ2) is 3.27. The molecule has 0 fully saturated rings. The van der Waals surface area contributed by atoms with Crippen LogP contribution in [0.15, 0.2) is 18.2 Å². The topological polar surface area (TPSA) is 80.7 Å². The van der Waals surface area contributed by atoms with E-state index < -0.39 is 5.82 Å². The van der Waals surface area contributed by atoms with Gasteiger partial charge in [-0.1, -0.05) is 0 Å². The van der Waals surface area contributed by atoms with Crippen LogP contribution in [0.1, 0.15) is 5.69 Å². The molecule has 5 heteroatoms. The monoisotopic (exact) mass is 206 g/mol. The number of benzene rings is 1. The fourth-order valence-corrected chi connectivity index (χ4v) is 1.46. The van der Waals surface area contributed by atoms with Gasteiger partial charge in [-0.15, -0.1) is 0 Å². The normalized spacial score (nSPS) is 10.5. The van der Waals surface area contributed by atoms with Crippen molar-refractivity contribution in [3.63, 3.8) is 0 Å². The molecule has 1 heterocycles. The molecule has 0 radical (unpaired) electrons. The Morgan fingerprint density at radius 1 is 1.33 bits per heavy atom. The smallest absolute Gasteiger partial charge is 0.198 e. The van der Waals surface area contributed by atoms with Gasteiger partial charge in [0, 0.05) is 11.3 Å². The summed E-state index contributed by atoms with van der Waals surface area (Å²) in [6.45, 7) is 1.85. The van der Waals surface area contributed by atoms with Crippen LogP contribution in [-0.2, 0) is 0 Å². The number of aromatic amines is 1. The van der Waals surface area contributed by atoms with E-state index in [9.17, 15) is 4.39 Å². The number of aryl methyl sites for hydroxylation is 1. The SMILES string of the molecule is Cc1[nH]c(N)nc1-c1ccc(F)c(N)c1. The molecule has 2 aromatic rings. The van der Waals surface area contributed by atoms with Crippen molar-refractivity contribution in [3.8, 4) is 11.3 Å². The molecule has 15 heavy (non-hydrogen) atoms. The van der Waals surface area contributed by atoms with Crippen LogP contribution in [0.25, 0.3) is 11.3 Å². The van der Waals surface area contributed by atoms with E-state index >= 15 is 0 Å². The Morgan fingerprint density at radius 3 is 2.60 bits per heavy atom. The van der Waals surface area contributed by atoms with Gasteiger partial charge < -0.3 is 16.5 Å². The summed E-state index contributed by atoms with van der Waals surface area (Å²) in [6, 6.07) is 4.47. The number of nitrogens with zero attached hydrogens (tertiary/aromatic N) is 1. The minimum absolute atomic E-state index is 0.105. The molecule has 0 aliphatic rings. The average molecular weight is 206 g/mol. The molecular weight excluding hydrogens is 195 g/mol. The molecule has 0 saturated heterocycles. The summed E-state index contributed by atoms with van der Waals surface area (Å²) >= 11 is 0. The lowest BCUT2D eigenvalue weighted by atomic mass is 10.1. The second-order valence-corrected chi connectivity index (χ2v) is 3.33. The Balaban J connectivity index is 2.54. The van der Waals surface area contributed by atoms with Gasteiger partial charge in [-0.25, -0.2) is 9.37 Å². The zero-order chi connectivity index (χ0) is 11.0. The number of halogens is 1. The highest BCUT2D eigenvalue weighted by Crippen LogP contribution is 2.24. The van der Waals surface area contributed by atoms with Crippen LogP contribution in [0.2, 0.25) is 0 Å². The van der Waals surface area contributed by atoms with E-state index in [2.05, 4.69) is 9.97 Å². The molecule has 0 spiro atoms. The Morgan fingerprint density at radius 2 is 2.07 bits per heavy atom. The number of hydrogen-bond acceptors (Lipinski definition) is 3. The van der Waals surface area contributed by atoms with E-state index in [1.165, 1.54) is 12.1 Å². The fourth-order valence-electron chi connectivity index (χ4n) is 1.46. The van der Waals surface area contributed by atoms with Crippen LogP contribution < -0.4 is 11.5 Å². The Labute approximate surface area is 86.1 Å². The van der Waals surface area contributed by atoms with Crippen LogP contribution in [0.5, 0.6) is 0 Å². The number of imidazole rings is 1. The summed E-state index contributed by atoms with van der Waals surface area (Å²) in [5.41, 5.74) is 13.4. The van der Waals surface area contributed by atoms with E-state index in [1.54, 1.807) is 6.07 Å². The number of nitrogens with two attached hydrogens (primary N) is 2. The van der Waals surface area contributed by atoms with Crippen LogP contribution in [0.3, 0.4) is 0 Å². The molecule has 0 atom stereocenters. The number of H-pyrrole nitrogens is 1. The number of nitrogens with one attached hydrogen (secondary N) is 1. The minimum atomic E-state index is -0.431. The first-order valence-electron chi connectivity index (χ1n) is 4.45. The van der Waals surface area contributed by atoms with E-state index in [0.717, 1.165) is 11.3 Å². The Hall–Kier alpha value is -2.04. The molecule has 0 bridgehead atoms. The lowest BCUT2D eigenvalue weighted by Crippen LogP contribution is -1.91. The predicted octanol–water partition coefficient (Wildman–Crippen LogP) is 1.69. The largest absolute Gasteiger partial charge is 0.396 e. The van der Waals surface area contributed by atoms with Gasteiger partial charge in [0.1, 0.15) is 5.82 Å². The highest BCUT2D eigenvalue weighted by atomic mass is 19.1. The van der Waals surface area contributed by atoms with Crippen molar-refractivity contribution >= 4 is 11.6 Å². The van der Waals surface area contributed by atoms with Crippen molar-refractivity contribution in [2.24, 2.45) is 0 Å². The summed E-state index contributed by atoms with van der Waals surface area (Å²) in [5.74, 6) is -0.0923. The maximum atomic E-state index is 12.9. The van der Waals surface area contributed by atoms with Gasteiger partial charge >= 0.3 is 0 Å². The number of hydrogen-bond donors (Lipinski definition) is 3. The van der Waals surface area contributed by atoms with Crippen LogP contribution in [0, 0.1) is 12.7 Å². The first kappa shape index (κ1) is 9.51. The summed E-state index contributed by atoms with van der Waals surface area (Å²) in [4.78, 5) is 6.97. The Bertz CT molecular complexity index is 504. The molecule has 4 nitrogen and oxygen atoms in total. The maximum Gasteiger partial charge on any atom is 0.198 e. The van der Waals surface area contributed by atoms with Gasteiger partial charge in [-0.2, -0.15) is 0 Å². The van der Waals surface area contributed by atoms with Crippen LogP contribution in [-0.4, -0.2) is 9.97 Å². The van der Waals surface area contributed by atoms with Gasteiger partial charge in [0.15, 0.2) is 5.95 Å². The third-order valence-corrected chi connectivity index (χ3v) is 2.17. The molecule has 0 amide bonds. The van der Waals surface area contributed by atoms with E-state index in [4.69, 9.17) is 11.5 Å². The minimum Gasteiger partial charge on any atom is -0.396 e. The summed E-state index contributed by atoms with van der Waals surface area (Å²) < 4.78 is 12.9. The zero-order valence-corrected chi connectivity index (χ0v) is 8.21. The van der Waals surface area contributed by atoms with Gasteiger partial charge in [0.05, 0.1) is 11.4 Å². The van der Waals surface area contributed by atoms with Crippen molar-refractivity contribution in [1.82, 2.24) is 9.97 Å². The van der Waals surface area contributed by atoms with Crippen LogP contribution in [0.4, 0.5) is 16.0 Å². The highest BCUT2D eigenvalue weighted by molar-refractivity contribution is 5.67. The third kappa shape index (κ3) is 1.63. The number of nitrogen functional groups attached to an aromatic ring is 2. The molecule has 0 unspecified atom stereocenters. The Kier molecular flexibility index (Phi) is 2.07. The maximum absolute atomic E-state index is 12.9. The van der Waals surface area contributed by atoms with Crippen molar-refractivity contribution in [3.05, 3.63) is 29.7 Å².